The number of hydrogen-bond donors (Lipinski definition) is 1. The number of hydrogen-bond acceptors (Lipinski definition) is 2. The number of amides is 1. The Labute approximate surface area is 121 Å². The number of carbonyl (C=O) groups excluding carboxylic acids is 1. The van der Waals surface area contributed by atoms with Gasteiger partial charge in [0.15, 0.2) is 0 Å². The van der Waals surface area contributed by atoms with Crippen molar-refractivity contribution in [3.63, 3.8) is 0 Å². The first-order chi connectivity index (χ1) is 9.66. The minimum Gasteiger partial charge on any atom is -0.384 e. The summed E-state index contributed by atoms with van der Waals surface area (Å²) in [7, 11) is 0. The van der Waals surface area contributed by atoms with Gasteiger partial charge < -0.3 is 10.2 Å². The number of carbonyl (C=O) groups is 1. The van der Waals surface area contributed by atoms with Gasteiger partial charge in [0.05, 0.1) is 5.92 Å². The zero-order chi connectivity index (χ0) is 14.1. The van der Waals surface area contributed by atoms with Gasteiger partial charge in [-0.2, -0.15) is 0 Å². The highest BCUT2D eigenvalue weighted by Crippen LogP contribution is 2.36. The Morgan fingerprint density at radius 3 is 2.80 bits per heavy atom. The van der Waals surface area contributed by atoms with Crippen LogP contribution in [0.2, 0.25) is 0 Å². The topological polar surface area (TPSA) is 32.3 Å². The van der Waals surface area contributed by atoms with Crippen molar-refractivity contribution in [3.8, 4) is 0 Å². The highest BCUT2D eigenvalue weighted by molar-refractivity contribution is 5.88. The van der Waals surface area contributed by atoms with E-state index in [0.717, 1.165) is 25.2 Å². The Hall–Kier alpha value is -1.51. The average Bonchev–Trinajstić information content (AvgIpc) is 3.17. The number of rotatable bonds is 5. The molecular weight excluding hydrogens is 248 g/mol. The number of benzene rings is 1. The fraction of sp³-hybridized carbons (Fsp3) is 0.588. The quantitative estimate of drug-likeness (QED) is 0.892. The van der Waals surface area contributed by atoms with Crippen molar-refractivity contribution in [2.75, 3.05) is 18.4 Å². The number of fused-ring (bicyclic) bond motifs is 1. The van der Waals surface area contributed by atoms with E-state index in [0.29, 0.717) is 17.9 Å². The molecule has 0 saturated heterocycles. The number of anilines is 1. The SMILES string of the molecule is CC(C)CCN(C(=O)C1CNc2ccccc21)C1CC1. The smallest absolute Gasteiger partial charge is 0.232 e. The molecule has 2 aliphatic rings. The van der Waals surface area contributed by atoms with Crippen LogP contribution in [-0.2, 0) is 4.79 Å². The molecule has 1 aromatic rings. The molecule has 1 saturated carbocycles. The van der Waals surface area contributed by atoms with Gasteiger partial charge in [0.1, 0.15) is 0 Å². The second-order valence-electron chi connectivity index (χ2n) is 6.47. The van der Waals surface area contributed by atoms with Crippen LogP contribution in [0.5, 0.6) is 0 Å². The molecule has 20 heavy (non-hydrogen) atoms. The van der Waals surface area contributed by atoms with Crippen molar-refractivity contribution >= 4 is 11.6 Å². The Bertz CT molecular complexity index is 494. The van der Waals surface area contributed by atoms with E-state index in [-0.39, 0.29) is 5.92 Å². The molecule has 1 atom stereocenters. The molecule has 1 aliphatic heterocycles. The van der Waals surface area contributed by atoms with E-state index >= 15 is 0 Å². The van der Waals surface area contributed by atoms with E-state index < -0.39 is 0 Å². The van der Waals surface area contributed by atoms with E-state index in [2.05, 4.69) is 36.2 Å². The van der Waals surface area contributed by atoms with Gasteiger partial charge in [-0.25, -0.2) is 0 Å². The molecule has 3 nitrogen and oxygen atoms in total. The highest BCUT2D eigenvalue weighted by Gasteiger charge is 2.38. The summed E-state index contributed by atoms with van der Waals surface area (Å²) in [6.07, 6.45) is 3.47. The van der Waals surface area contributed by atoms with Gasteiger partial charge in [-0.15, -0.1) is 0 Å². The van der Waals surface area contributed by atoms with E-state index in [9.17, 15) is 4.79 Å². The van der Waals surface area contributed by atoms with E-state index in [4.69, 9.17) is 0 Å². The van der Waals surface area contributed by atoms with Gasteiger partial charge in [0.25, 0.3) is 0 Å². The molecule has 3 heteroatoms. The van der Waals surface area contributed by atoms with Crippen LogP contribution in [0.15, 0.2) is 24.3 Å². The van der Waals surface area contributed by atoms with Gasteiger partial charge in [-0.3, -0.25) is 4.79 Å². The van der Waals surface area contributed by atoms with Crippen molar-refractivity contribution in [3.05, 3.63) is 29.8 Å². The van der Waals surface area contributed by atoms with Crippen LogP contribution in [0.3, 0.4) is 0 Å². The van der Waals surface area contributed by atoms with Crippen molar-refractivity contribution in [2.24, 2.45) is 5.92 Å². The van der Waals surface area contributed by atoms with Crippen LogP contribution in [0.25, 0.3) is 0 Å². The number of nitrogens with zero attached hydrogens (tertiary/aromatic N) is 1. The summed E-state index contributed by atoms with van der Waals surface area (Å²) < 4.78 is 0. The van der Waals surface area contributed by atoms with Gasteiger partial charge in [-0.1, -0.05) is 32.0 Å². The van der Waals surface area contributed by atoms with Crippen LogP contribution < -0.4 is 5.32 Å². The third-order valence-corrected chi connectivity index (χ3v) is 4.35. The molecule has 1 aliphatic carbocycles. The predicted octanol–water partition coefficient (Wildman–Crippen LogP) is 3.23. The maximum atomic E-state index is 12.9. The Balaban J connectivity index is 1.74. The average molecular weight is 272 g/mol. The summed E-state index contributed by atoms with van der Waals surface area (Å²) in [6.45, 7) is 6.12. The van der Waals surface area contributed by atoms with Crippen LogP contribution in [0.4, 0.5) is 5.69 Å². The Morgan fingerprint density at radius 1 is 1.35 bits per heavy atom. The summed E-state index contributed by atoms with van der Waals surface area (Å²) in [6, 6.07) is 8.72. The third kappa shape index (κ3) is 2.67. The van der Waals surface area contributed by atoms with E-state index in [1.165, 1.54) is 18.4 Å². The molecule has 108 valence electrons. The first-order valence-corrected chi connectivity index (χ1v) is 7.80. The lowest BCUT2D eigenvalue weighted by Crippen LogP contribution is -2.38. The summed E-state index contributed by atoms with van der Waals surface area (Å²) in [5, 5.41) is 3.36. The van der Waals surface area contributed by atoms with Crippen LogP contribution in [-0.4, -0.2) is 29.9 Å². The number of nitrogens with one attached hydrogen (secondary N) is 1. The molecular formula is C17H24N2O. The van der Waals surface area contributed by atoms with Crippen LogP contribution >= 0.6 is 0 Å². The second-order valence-corrected chi connectivity index (χ2v) is 6.47. The van der Waals surface area contributed by atoms with E-state index in [1.54, 1.807) is 0 Å². The summed E-state index contributed by atoms with van der Waals surface area (Å²) >= 11 is 0. The zero-order valence-electron chi connectivity index (χ0n) is 12.4. The second kappa shape index (κ2) is 5.47. The molecule has 1 aromatic carbocycles. The molecule has 0 bridgehead atoms. The molecule has 0 aromatic heterocycles. The fourth-order valence-electron chi connectivity index (χ4n) is 2.96. The minimum absolute atomic E-state index is 0.0129. The van der Waals surface area contributed by atoms with Crippen LogP contribution in [0, 0.1) is 5.92 Å². The molecule has 1 fully saturated rings. The third-order valence-electron chi connectivity index (χ3n) is 4.35. The predicted molar refractivity (Wildman–Crippen MR) is 81.9 cm³/mol. The molecule has 1 N–H and O–H groups in total. The summed E-state index contributed by atoms with van der Waals surface area (Å²) in [5.74, 6) is 0.989. The van der Waals surface area contributed by atoms with Crippen LogP contribution in [0.1, 0.15) is 44.6 Å². The minimum atomic E-state index is 0.0129. The standard InChI is InChI=1S/C17H24N2O/c1-12(2)9-10-19(13-7-8-13)17(20)15-11-18-16-6-4-3-5-14(15)16/h3-6,12-13,15,18H,7-11H2,1-2H3. The van der Waals surface area contributed by atoms with Gasteiger partial charge in [0, 0.05) is 24.8 Å². The highest BCUT2D eigenvalue weighted by atomic mass is 16.2. The zero-order valence-corrected chi connectivity index (χ0v) is 12.4. The van der Waals surface area contributed by atoms with Crippen molar-refractivity contribution in [1.82, 2.24) is 4.90 Å². The van der Waals surface area contributed by atoms with Crippen molar-refractivity contribution in [2.45, 2.75) is 45.1 Å². The van der Waals surface area contributed by atoms with Crippen molar-refractivity contribution in [1.29, 1.82) is 0 Å². The molecule has 3 rings (SSSR count). The lowest BCUT2D eigenvalue weighted by atomic mass is 9.99. The molecule has 0 spiro atoms. The summed E-state index contributed by atoms with van der Waals surface area (Å²) in [5.41, 5.74) is 2.30. The lowest BCUT2D eigenvalue weighted by molar-refractivity contribution is -0.133. The first-order valence-electron chi connectivity index (χ1n) is 7.80. The molecule has 1 amide bonds. The van der Waals surface area contributed by atoms with Crippen molar-refractivity contribution < 1.29 is 4.79 Å². The lowest BCUT2D eigenvalue weighted by Gasteiger charge is -2.26. The molecule has 1 heterocycles. The number of para-hydroxylation sites is 1. The molecule has 0 radical (unpaired) electrons. The maximum absolute atomic E-state index is 12.9. The molecule has 1 unspecified atom stereocenters. The van der Waals surface area contributed by atoms with E-state index in [1.807, 2.05) is 12.1 Å². The van der Waals surface area contributed by atoms with Gasteiger partial charge in [0.2, 0.25) is 5.91 Å². The Kier molecular flexibility index (Phi) is 3.68. The summed E-state index contributed by atoms with van der Waals surface area (Å²) in [4.78, 5) is 15.0. The fourth-order valence-corrected chi connectivity index (χ4v) is 2.96. The monoisotopic (exact) mass is 272 g/mol. The largest absolute Gasteiger partial charge is 0.384 e. The Morgan fingerprint density at radius 2 is 2.10 bits per heavy atom. The first kappa shape index (κ1) is 13.5. The maximum Gasteiger partial charge on any atom is 0.232 e. The van der Waals surface area contributed by atoms with Gasteiger partial charge in [-0.05, 0) is 36.8 Å². The van der Waals surface area contributed by atoms with Gasteiger partial charge >= 0.3 is 0 Å². The normalized spacial score (nSPS) is 20.6.